The van der Waals surface area contributed by atoms with Crippen molar-refractivity contribution in [3.8, 4) is 6.07 Å². The first-order chi connectivity index (χ1) is 16.1. The van der Waals surface area contributed by atoms with Gasteiger partial charge in [-0.05, 0) is 61.6 Å². The topological polar surface area (TPSA) is 82.4 Å². The largest absolute Gasteiger partial charge is 0.274 e. The van der Waals surface area contributed by atoms with Gasteiger partial charge in [-0.15, -0.1) is 11.3 Å². The number of anilines is 1. The van der Waals surface area contributed by atoms with Crippen LogP contribution in [0.15, 0.2) is 29.8 Å². The molecule has 0 spiro atoms. The van der Waals surface area contributed by atoms with E-state index < -0.39 is 0 Å². The van der Waals surface area contributed by atoms with Crippen molar-refractivity contribution in [2.45, 2.75) is 45.1 Å². The number of carbonyl (C=O) groups is 2. The number of hydroxylamine groups is 1. The van der Waals surface area contributed by atoms with E-state index in [1.165, 1.54) is 26.7 Å². The van der Waals surface area contributed by atoms with E-state index in [1.54, 1.807) is 0 Å². The van der Waals surface area contributed by atoms with Crippen LogP contribution in [0.4, 0.5) is 5.00 Å². The predicted octanol–water partition coefficient (Wildman–Crippen LogP) is 3.88. The summed E-state index contributed by atoms with van der Waals surface area (Å²) in [4.78, 5) is 36.0. The summed E-state index contributed by atoms with van der Waals surface area (Å²) >= 11 is 1.48. The number of benzene rings is 1. The summed E-state index contributed by atoms with van der Waals surface area (Å²) in [6, 6.07) is 10.6. The van der Waals surface area contributed by atoms with Crippen molar-refractivity contribution < 1.29 is 14.4 Å². The van der Waals surface area contributed by atoms with E-state index in [2.05, 4.69) is 42.7 Å². The Kier molecular flexibility index (Phi) is 4.01. The summed E-state index contributed by atoms with van der Waals surface area (Å²) in [7, 11) is 0. The Hall–Kier alpha value is -2.95. The Bertz CT molecular complexity index is 1300. The van der Waals surface area contributed by atoms with Crippen LogP contribution in [0.25, 0.3) is 5.70 Å². The molecule has 7 heteroatoms. The van der Waals surface area contributed by atoms with Gasteiger partial charge in [-0.2, -0.15) is 5.26 Å². The summed E-state index contributed by atoms with van der Waals surface area (Å²) in [5.74, 6) is -0.998. The van der Waals surface area contributed by atoms with Gasteiger partial charge in [-0.1, -0.05) is 29.8 Å². The number of nitriles is 1. The number of thiophene rings is 1. The number of nitrogens with one attached hydrogen (secondary N) is 1. The monoisotopic (exact) mass is 457 g/mol. The van der Waals surface area contributed by atoms with E-state index in [0.29, 0.717) is 10.6 Å². The van der Waals surface area contributed by atoms with Crippen LogP contribution in [-0.2, 0) is 27.3 Å². The van der Waals surface area contributed by atoms with Crippen LogP contribution in [0, 0.1) is 41.9 Å². The molecule has 3 heterocycles. The molecule has 1 N–H and O–H groups in total. The molecule has 2 bridgehead atoms. The fourth-order valence-electron chi connectivity index (χ4n) is 6.88. The van der Waals surface area contributed by atoms with Gasteiger partial charge in [0, 0.05) is 10.8 Å². The number of amides is 2. The van der Waals surface area contributed by atoms with E-state index in [0.717, 1.165) is 54.5 Å². The van der Waals surface area contributed by atoms with Crippen molar-refractivity contribution in [2.24, 2.45) is 23.7 Å². The quantitative estimate of drug-likeness (QED) is 0.692. The summed E-state index contributed by atoms with van der Waals surface area (Å²) in [5.41, 5.74) is 9.03. The Labute approximate surface area is 195 Å². The molecule has 0 radical (unpaired) electrons. The van der Waals surface area contributed by atoms with E-state index in [4.69, 9.17) is 4.84 Å². The maximum atomic E-state index is 13.8. The zero-order valence-electron chi connectivity index (χ0n) is 18.3. The van der Waals surface area contributed by atoms with Gasteiger partial charge in [0.2, 0.25) is 11.8 Å². The lowest BCUT2D eigenvalue weighted by Gasteiger charge is -2.26. The normalized spacial score (nSPS) is 31.5. The van der Waals surface area contributed by atoms with Crippen molar-refractivity contribution in [3.05, 3.63) is 57.0 Å². The average Bonchev–Trinajstić information content (AvgIpc) is 3.60. The Morgan fingerprint density at radius 2 is 1.88 bits per heavy atom. The molecule has 5 atom stereocenters. The molecule has 5 aliphatic rings. The number of fused-ring (bicyclic) bond motifs is 9. The van der Waals surface area contributed by atoms with Gasteiger partial charge in [0.05, 0.1) is 23.1 Å². The van der Waals surface area contributed by atoms with Crippen LogP contribution >= 0.6 is 11.3 Å². The molecule has 2 aliphatic heterocycles. The number of aryl methyl sites for hydroxylation is 2. The highest BCUT2D eigenvalue weighted by atomic mass is 32.1. The third kappa shape index (κ3) is 2.45. The zero-order valence-corrected chi connectivity index (χ0v) is 19.1. The Balaban J connectivity index is 1.30. The molecule has 1 aromatic carbocycles. The number of imide groups is 1. The van der Waals surface area contributed by atoms with Gasteiger partial charge in [0.1, 0.15) is 17.2 Å². The van der Waals surface area contributed by atoms with Crippen molar-refractivity contribution in [1.29, 1.82) is 5.26 Å². The van der Waals surface area contributed by atoms with Gasteiger partial charge < -0.3 is 0 Å². The van der Waals surface area contributed by atoms with Crippen molar-refractivity contribution in [1.82, 2.24) is 5.48 Å². The number of hydrogen-bond acceptors (Lipinski definition) is 6. The first-order valence-corrected chi connectivity index (χ1v) is 12.6. The van der Waals surface area contributed by atoms with E-state index in [1.807, 2.05) is 0 Å². The molecule has 2 amide bonds. The van der Waals surface area contributed by atoms with Gasteiger partial charge in [-0.3, -0.25) is 19.9 Å². The summed E-state index contributed by atoms with van der Waals surface area (Å²) < 4.78 is 0. The number of rotatable bonds is 2. The van der Waals surface area contributed by atoms with Crippen LogP contribution in [0.5, 0.6) is 0 Å². The second-order valence-corrected chi connectivity index (χ2v) is 11.0. The number of carbonyl (C=O) groups excluding carboxylic acids is 2. The van der Waals surface area contributed by atoms with Gasteiger partial charge >= 0.3 is 0 Å². The first kappa shape index (κ1) is 19.5. The minimum atomic E-state index is -0.360. The van der Waals surface area contributed by atoms with Crippen molar-refractivity contribution >= 4 is 33.8 Å². The summed E-state index contributed by atoms with van der Waals surface area (Å²) in [6.45, 7) is 2.06. The smallest absolute Gasteiger partial charge is 0.239 e. The fraction of sp³-hybridized carbons (Fsp3) is 0.423. The molecule has 166 valence electrons. The molecular weight excluding hydrogens is 434 g/mol. The minimum Gasteiger partial charge on any atom is -0.274 e. The highest BCUT2D eigenvalue weighted by molar-refractivity contribution is 7.17. The molecule has 33 heavy (non-hydrogen) atoms. The lowest BCUT2D eigenvalue weighted by Crippen LogP contribution is -2.35. The Morgan fingerprint density at radius 1 is 1.12 bits per heavy atom. The van der Waals surface area contributed by atoms with Crippen molar-refractivity contribution in [3.63, 3.8) is 0 Å². The lowest BCUT2D eigenvalue weighted by atomic mass is 9.76. The van der Waals surface area contributed by atoms with E-state index in [-0.39, 0.29) is 41.6 Å². The molecule has 1 saturated heterocycles. The molecule has 3 fully saturated rings. The highest BCUT2D eigenvalue weighted by Gasteiger charge is 2.68. The SMILES string of the molecule is Cc1ccc(C2=C3[C@H]4C[C@H]([C@@H]5C(=O)N(c6sc7c(c6C#N)CCCC7)C(=O)[C@@H]54)[C@H]3ON2)cc1. The van der Waals surface area contributed by atoms with Crippen LogP contribution < -0.4 is 10.4 Å². The number of nitrogens with zero attached hydrogens (tertiary/aromatic N) is 2. The first-order valence-electron chi connectivity index (χ1n) is 11.7. The third-order valence-electron chi connectivity index (χ3n) is 8.30. The fourth-order valence-corrected chi connectivity index (χ4v) is 8.23. The molecular formula is C26H23N3O3S. The van der Waals surface area contributed by atoms with Gasteiger partial charge in [0.15, 0.2) is 0 Å². The maximum absolute atomic E-state index is 13.8. The number of hydrogen-bond donors (Lipinski definition) is 1. The van der Waals surface area contributed by atoms with Crippen LogP contribution in [0.2, 0.25) is 0 Å². The lowest BCUT2D eigenvalue weighted by molar-refractivity contribution is -0.124. The zero-order chi connectivity index (χ0) is 22.4. The molecule has 0 unspecified atom stereocenters. The second kappa shape index (κ2) is 6.78. The summed E-state index contributed by atoms with van der Waals surface area (Å²) in [5, 5.41) is 10.5. The van der Waals surface area contributed by atoms with Gasteiger partial charge in [-0.25, -0.2) is 4.90 Å². The predicted molar refractivity (Wildman–Crippen MR) is 123 cm³/mol. The minimum absolute atomic E-state index is 0.00197. The molecule has 3 aliphatic carbocycles. The molecule has 1 aromatic heterocycles. The molecule has 7 rings (SSSR count). The molecule has 2 saturated carbocycles. The van der Waals surface area contributed by atoms with Crippen LogP contribution in [0.1, 0.15) is 46.4 Å². The van der Waals surface area contributed by atoms with E-state index in [9.17, 15) is 14.9 Å². The van der Waals surface area contributed by atoms with Crippen molar-refractivity contribution in [2.75, 3.05) is 4.90 Å². The molecule has 2 aromatic rings. The highest BCUT2D eigenvalue weighted by Crippen LogP contribution is 2.62. The average molecular weight is 458 g/mol. The van der Waals surface area contributed by atoms with E-state index >= 15 is 0 Å². The van der Waals surface area contributed by atoms with Crippen LogP contribution in [-0.4, -0.2) is 17.9 Å². The third-order valence-corrected chi connectivity index (χ3v) is 9.58. The second-order valence-electron chi connectivity index (χ2n) is 9.91. The standard InChI is InChI=1S/C26H23N3O3S/c1-12-6-8-13(9-7-12)22-21-15-10-16(23(21)32-28-22)20-19(15)24(30)29(25(20)31)26-17(11-27)14-4-2-3-5-18(14)33-26/h6-9,15-16,19-20,23,28H,2-5,10H2,1H3/t15-,16+,19+,20-,23+/m0/s1. The maximum Gasteiger partial charge on any atom is 0.239 e. The van der Waals surface area contributed by atoms with Gasteiger partial charge in [0.25, 0.3) is 0 Å². The van der Waals surface area contributed by atoms with Crippen LogP contribution in [0.3, 0.4) is 0 Å². The molecule has 6 nitrogen and oxygen atoms in total. The Morgan fingerprint density at radius 3 is 2.67 bits per heavy atom. The summed E-state index contributed by atoms with van der Waals surface area (Å²) in [6.07, 6.45) is 4.57.